The van der Waals surface area contributed by atoms with Crippen LogP contribution in [-0.2, 0) is 0 Å². The lowest BCUT2D eigenvalue weighted by molar-refractivity contribution is 0.102. The van der Waals surface area contributed by atoms with Gasteiger partial charge in [-0.1, -0.05) is 41.9 Å². The highest BCUT2D eigenvalue weighted by Gasteiger charge is 2.06. The number of Topliss-reactive ketones (excluding diaryl/α,β-unsaturated/α-hetero) is 1. The predicted molar refractivity (Wildman–Crippen MR) is 78.5 cm³/mol. The van der Waals surface area contributed by atoms with Crippen LogP contribution in [0.5, 0.6) is 5.75 Å². The minimum Gasteiger partial charge on any atom is -0.495 e. The van der Waals surface area contributed by atoms with Crippen LogP contribution in [0.25, 0.3) is 11.1 Å². The van der Waals surface area contributed by atoms with Gasteiger partial charge in [-0.2, -0.15) is 0 Å². The highest BCUT2D eigenvalue weighted by molar-refractivity contribution is 6.32. The molecule has 0 saturated heterocycles. The average Bonchev–Trinajstić information content (AvgIpc) is 2.46. The molecule has 0 fully saturated rings. The van der Waals surface area contributed by atoms with Gasteiger partial charge in [0.1, 0.15) is 5.75 Å². The molecule has 0 radical (unpaired) electrons. The number of hydrogen-bond donors (Lipinski definition) is 0. The second-order valence-corrected chi connectivity index (χ2v) is 4.66. The molecule has 0 heterocycles. The van der Waals surface area contributed by atoms with Crippen LogP contribution in [0.3, 0.4) is 0 Å². The molecule has 0 aliphatic heterocycles. The van der Waals surface area contributed by atoms with Crippen molar-refractivity contribution in [1.82, 2.24) is 0 Å². The van der Waals surface area contributed by atoms with Gasteiger partial charge in [-0.05, 0) is 23.3 Å². The Kier molecular flexibility index (Phi) is 4.46. The molecule has 0 saturated carbocycles. The van der Waals surface area contributed by atoms with E-state index < -0.39 is 0 Å². The van der Waals surface area contributed by atoms with Crippen LogP contribution in [-0.4, -0.2) is 18.8 Å². The topological polar surface area (TPSA) is 26.3 Å². The highest BCUT2D eigenvalue weighted by atomic mass is 35.5. The fourth-order valence-electron chi connectivity index (χ4n) is 1.77. The zero-order valence-electron chi connectivity index (χ0n) is 10.3. The van der Waals surface area contributed by atoms with E-state index in [1.54, 1.807) is 19.2 Å². The maximum absolute atomic E-state index is 11.4. The average molecular weight is 295 g/mol. The van der Waals surface area contributed by atoms with Gasteiger partial charge in [0.2, 0.25) is 0 Å². The number of rotatable bonds is 4. The second kappa shape index (κ2) is 6.09. The van der Waals surface area contributed by atoms with E-state index in [0.717, 1.165) is 11.1 Å². The summed E-state index contributed by atoms with van der Waals surface area (Å²) in [5.74, 6) is 0.550. The summed E-state index contributed by atoms with van der Waals surface area (Å²) in [5, 5.41) is 0.556. The number of carbonyl (C=O) groups is 1. The van der Waals surface area contributed by atoms with Crippen LogP contribution in [0, 0.1) is 0 Å². The molecule has 2 aromatic carbocycles. The van der Waals surface area contributed by atoms with E-state index in [4.69, 9.17) is 27.9 Å². The summed E-state index contributed by atoms with van der Waals surface area (Å²) >= 11 is 11.6. The molecule has 0 atom stereocenters. The molecule has 0 bridgehead atoms. The van der Waals surface area contributed by atoms with Gasteiger partial charge in [-0.25, -0.2) is 0 Å². The first-order chi connectivity index (χ1) is 9.15. The van der Waals surface area contributed by atoms with E-state index in [2.05, 4.69) is 0 Å². The monoisotopic (exact) mass is 294 g/mol. The minimum absolute atomic E-state index is 0.00624. The van der Waals surface area contributed by atoms with Gasteiger partial charge in [0, 0.05) is 5.56 Å². The van der Waals surface area contributed by atoms with E-state index in [0.29, 0.717) is 16.3 Å². The lowest BCUT2D eigenvalue weighted by atomic mass is 10.0. The van der Waals surface area contributed by atoms with Crippen molar-refractivity contribution < 1.29 is 9.53 Å². The molecule has 2 nitrogen and oxygen atoms in total. The fraction of sp³-hybridized carbons (Fsp3) is 0.133. The maximum Gasteiger partial charge on any atom is 0.177 e. The number of alkyl halides is 1. The molecule has 0 amide bonds. The molecule has 0 aromatic heterocycles. The van der Waals surface area contributed by atoms with Crippen molar-refractivity contribution in [3.8, 4) is 16.9 Å². The Morgan fingerprint density at radius 3 is 2.26 bits per heavy atom. The fourth-order valence-corrected chi connectivity index (χ4v) is 2.18. The molecule has 4 heteroatoms. The molecular weight excluding hydrogens is 283 g/mol. The van der Waals surface area contributed by atoms with Crippen LogP contribution in [0.15, 0.2) is 42.5 Å². The summed E-state index contributed by atoms with van der Waals surface area (Å²) in [4.78, 5) is 11.4. The number of hydrogen-bond acceptors (Lipinski definition) is 2. The van der Waals surface area contributed by atoms with E-state index in [-0.39, 0.29) is 11.7 Å². The zero-order valence-corrected chi connectivity index (χ0v) is 11.8. The zero-order chi connectivity index (χ0) is 13.8. The van der Waals surface area contributed by atoms with Crippen molar-refractivity contribution in [1.29, 1.82) is 0 Å². The first kappa shape index (κ1) is 13.9. The lowest BCUT2D eigenvalue weighted by Gasteiger charge is -2.07. The van der Waals surface area contributed by atoms with Crippen LogP contribution < -0.4 is 4.74 Å². The third-order valence-corrected chi connectivity index (χ3v) is 3.35. The summed E-state index contributed by atoms with van der Waals surface area (Å²) in [7, 11) is 1.58. The smallest absolute Gasteiger partial charge is 0.177 e. The first-order valence-electron chi connectivity index (χ1n) is 5.69. The van der Waals surface area contributed by atoms with Gasteiger partial charge in [0.05, 0.1) is 18.0 Å². The Morgan fingerprint density at radius 1 is 1.11 bits per heavy atom. The summed E-state index contributed by atoms with van der Waals surface area (Å²) < 4.78 is 5.11. The Bertz CT molecular complexity index is 592. The van der Waals surface area contributed by atoms with Crippen LogP contribution in [0.1, 0.15) is 10.4 Å². The SMILES string of the molecule is COc1ccc(-c2ccc(C(=O)CCl)cc2)cc1Cl. The standard InChI is InChI=1S/C15H12Cl2O2/c1-19-15-7-6-12(8-13(15)17)10-2-4-11(5-3-10)14(18)9-16/h2-8H,9H2,1H3. The maximum atomic E-state index is 11.4. The molecule has 0 unspecified atom stereocenters. The molecule has 2 rings (SSSR count). The highest BCUT2D eigenvalue weighted by Crippen LogP contribution is 2.30. The number of ketones is 1. The number of benzene rings is 2. The third-order valence-electron chi connectivity index (χ3n) is 2.81. The van der Waals surface area contributed by atoms with Crippen molar-refractivity contribution in [2.45, 2.75) is 0 Å². The molecule has 0 spiro atoms. The lowest BCUT2D eigenvalue weighted by Crippen LogP contribution is -1.99. The van der Waals surface area contributed by atoms with Gasteiger partial charge in [0.15, 0.2) is 5.78 Å². The molecule has 2 aromatic rings. The van der Waals surface area contributed by atoms with E-state index in [1.807, 2.05) is 30.3 Å². The Balaban J connectivity index is 2.32. The summed E-state index contributed by atoms with van der Waals surface area (Å²) in [6.45, 7) is 0. The number of methoxy groups -OCH3 is 1. The van der Waals surface area contributed by atoms with Crippen molar-refractivity contribution in [2.75, 3.05) is 13.0 Å². The summed E-state index contributed by atoms with van der Waals surface area (Å²) in [6, 6.07) is 12.8. The third kappa shape index (κ3) is 3.09. The van der Waals surface area contributed by atoms with Crippen molar-refractivity contribution in [3.05, 3.63) is 53.1 Å². The largest absolute Gasteiger partial charge is 0.495 e. The van der Waals surface area contributed by atoms with Gasteiger partial charge in [-0.3, -0.25) is 4.79 Å². The molecule has 0 N–H and O–H groups in total. The number of ether oxygens (including phenoxy) is 1. The molecular formula is C15H12Cl2O2. The Labute approximate surface area is 121 Å². The number of carbonyl (C=O) groups excluding carboxylic acids is 1. The van der Waals surface area contributed by atoms with Crippen molar-refractivity contribution in [3.63, 3.8) is 0 Å². The normalized spacial score (nSPS) is 10.3. The Hall–Kier alpha value is -1.51. The first-order valence-corrected chi connectivity index (χ1v) is 6.60. The molecule has 0 aliphatic rings. The van der Waals surface area contributed by atoms with Crippen LogP contribution >= 0.6 is 23.2 Å². The molecule has 98 valence electrons. The number of halogens is 2. The van der Waals surface area contributed by atoms with Gasteiger partial charge in [0.25, 0.3) is 0 Å². The van der Waals surface area contributed by atoms with Crippen LogP contribution in [0.4, 0.5) is 0 Å². The Morgan fingerprint density at radius 2 is 1.74 bits per heavy atom. The second-order valence-electron chi connectivity index (χ2n) is 3.98. The molecule has 19 heavy (non-hydrogen) atoms. The summed E-state index contributed by atoms with van der Waals surface area (Å²) in [5.41, 5.74) is 2.56. The van der Waals surface area contributed by atoms with Crippen molar-refractivity contribution >= 4 is 29.0 Å². The quantitative estimate of drug-likeness (QED) is 0.616. The van der Waals surface area contributed by atoms with E-state index >= 15 is 0 Å². The predicted octanol–water partition coefficient (Wildman–Crippen LogP) is 4.44. The van der Waals surface area contributed by atoms with E-state index in [1.165, 1.54) is 0 Å². The minimum atomic E-state index is -0.0824. The molecule has 0 aliphatic carbocycles. The summed E-state index contributed by atoms with van der Waals surface area (Å²) in [6.07, 6.45) is 0. The van der Waals surface area contributed by atoms with Crippen molar-refractivity contribution in [2.24, 2.45) is 0 Å². The van der Waals surface area contributed by atoms with Gasteiger partial charge < -0.3 is 4.74 Å². The van der Waals surface area contributed by atoms with E-state index in [9.17, 15) is 4.79 Å². The van der Waals surface area contributed by atoms with Crippen LogP contribution in [0.2, 0.25) is 5.02 Å². The van der Waals surface area contributed by atoms with Gasteiger partial charge in [-0.15, -0.1) is 11.6 Å². The van der Waals surface area contributed by atoms with Gasteiger partial charge >= 0.3 is 0 Å².